The van der Waals surface area contributed by atoms with Crippen molar-refractivity contribution in [2.24, 2.45) is 11.1 Å². The van der Waals surface area contributed by atoms with Gasteiger partial charge in [-0.15, -0.1) is 0 Å². The summed E-state index contributed by atoms with van der Waals surface area (Å²) in [4.78, 5) is 17.7. The Morgan fingerprint density at radius 2 is 2.21 bits per heavy atom. The molecule has 0 spiro atoms. The van der Waals surface area contributed by atoms with Crippen molar-refractivity contribution in [2.45, 2.75) is 26.2 Å². The third-order valence-electron chi connectivity index (χ3n) is 2.85. The number of carbonyl (C=O) groups is 1. The fourth-order valence-corrected chi connectivity index (χ4v) is 3.69. The van der Waals surface area contributed by atoms with Gasteiger partial charge in [-0.3, -0.25) is 9.69 Å². The molecule has 1 atom stereocenters. The van der Waals surface area contributed by atoms with E-state index in [1.807, 2.05) is 13.8 Å². The molecule has 1 aliphatic rings. The predicted molar refractivity (Wildman–Crippen MR) is 72.4 cm³/mol. The number of nitrogens with two attached hydrogens (primary N) is 1. The Kier molecular flexibility index (Phi) is 3.88. The molecule has 2 heterocycles. The molecule has 1 aliphatic heterocycles. The van der Waals surface area contributed by atoms with Crippen LogP contribution in [-0.4, -0.2) is 36.0 Å². The zero-order valence-electron chi connectivity index (χ0n) is 10.7. The summed E-state index contributed by atoms with van der Waals surface area (Å²) in [7, 11) is -3.56. The zero-order chi connectivity index (χ0) is 14.2. The van der Waals surface area contributed by atoms with Crippen molar-refractivity contribution in [1.82, 2.24) is 9.36 Å². The number of carbonyl (C=O) groups excluding carboxylic acids is 1. The fraction of sp³-hybridized carbons (Fsp3) is 0.700. The SMILES string of the molecule is CC(C)c1nsc(N2CC(CS(N)(=O)=O)CC2=O)n1. The molecule has 0 radical (unpaired) electrons. The maximum absolute atomic E-state index is 11.9. The van der Waals surface area contributed by atoms with Gasteiger partial charge in [-0.05, 0) is 0 Å². The maximum atomic E-state index is 11.9. The summed E-state index contributed by atoms with van der Waals surface area (Å²) in [5.74, 6) is 0.324. The van der Waals surface area contributed by atoms with E-state index in [1.54, 1.807) is 0 Å². The van der Waals surface area contributed by atoms with Crippen LogP contribution in [0, 0.1) is 5.92 Å². The lowest BCUT2D eigenvalue weighted by Crippen LogP contribution is -2.27. The highest BCUT2D eigenvalue weighted by Gasteiger charge is 2.34. The van der Waals surface area contributed by atoms with Crippen molar-refractivity contribution in [3.63, 3.8) is 0 Å². The van der Waals surface area contributed by atoms with Gasteiger partial charge in [0, 0.05) is 36.3 Å². The van der Waals surface area contributed by atoms with Crippen LogP contribution in [0.15, 0.2) is 0 Å². The standard InChI is InChI=1S/C10H16N4O3S2/c1-6(2)9-12-10(18-13-9)14-4-7(3-8(14)15)5-19(11,16)17/h6-7H,3-5H2,1-2H3,(H2,11,16,17). The first-order chi connectivity index (χ1) is 8.76. The topological polar surface area (TPSA) is 106 Å². The van der Waals surface area contributed by atoms with Crippen molar-refractivity contribution in [1.29, 1.82) is 0 Å². The minimum absolute atomic E-state index is 0.125. The van der Waals surface area contributed by atoms with E-state index in [2.05, 4.69) is 9.36 Å². The van der Waals surface area contributed by atoms with Gasteiger partial charge in [-0.1, -0.05) is 13.8 Å². The molecular weight excluding hydrogens is 288 g/mol. The van der Waals surface area contributed by atoms with E-state index in [0.717, 1.165) is 11.5 Å². The Morgan fingerprint density at radius 1 is 1.53 bits per heavy atom. The Hall–Kier alpha value is -1.06. The molecule has 106 valence electrons. The van der Waals surface area contributed by atoms with E-state index >= 15 is 0 Å². The van der Waals surface area contributed by atoms with E-state index in [4.69, 9.17) is 5.14 Å². The molecule has 7 nitrogen and oxygen atoms in total. The van der Waals surface area contributed by atoms with Crippen LogP contribution in [0.5, 0.6) is 0 Å². The lowest BCUT2D eigenvalue weighted by molar-refractivity contribution is -0.117. The van der Waals surface area contributed by atoms with Gasteiger partial charge >= 0.3 is 0 Å². The van der Waals surface area contributed by atoms with Crippen LogP contribution in [0.1, 0.15) is 32.0 Å². The third kappa shape index (κ3) is 3.48. The molecule has 0 bridgehead atoms. The van der Waals surface area contributed by atoms with E-state index < -0.39 is 10.0 Å². The largest absolute Gasteiger partial charge is 0.287 e. The van der Waals surface area contributed by atoms with Gasteiger partial charge in [-0.2, -0.15) is 4.37 Å². The molecular formula is C10H16N4O3S2. The van der Waals surface area contributed by atoms with Crippen molar-refractivity contribution in [3.8, 4) is 0 Å². The summed E-state index contributed by atoms with van der Waals surface area (Å²) < 4.78 is 26.3. The minimum Gasteiger partial charge on any atom is -0.287 e. The van der Waals surface area contributed by atoms with Crippen molar-refractivity contribution in [2.75, 3.05) is 17.2 Å². The number of anilines is 1. The normalized spacial score (nSPS) is 20.5. The Bertz CT molecular complexity index is 581. The number of primary sulfonamides is 1. The summed E-state index contributed by atoms with van der Waals surface area (Å²) in [6.07, 6.45) is 0.188. The molecule has 1 unspecified atom stereocenters. The van der Waals surface area contributed by atoms with Crippen LogP contribution in [0.2, 0.25) is 0 Å². The van der Waals surface area contributed by atoms with Gasteiger partial charge in [0.1, 0.15) is 5.82 Å². The molecule has 1 aromatic heterocycles. The summed E-state index contributed by atoms with van der Waals surface area (Å²) in [6.45, 7) is 4.28. The second kappa shape index (κ2) is 5.14. The summed E-state index contributed by atoms with van der Waals surface area (Å²) >= 11 is 1.16. The van der Waals surface area contributed by atoms with Crippen molar-refractivity contribution in [3.05, 3.63) is 5.82 Å². The number of sulfonamides is 1. The highest BCUT2D eigenvalue weighted by atomic mass is 32.2. The van der Waals surface area contributed by atoms with Gasteiger partial charge in [-0.25, -0.2) is 18.5 Å². The van der Waals surface area contributed by atoms with Gasteiger partial charge in [0.05, 0.1) is 5.75 Å². The van der Waals surface area contributed by atoms with Crippen molar-refractivity contribution < 1.29 is 13.2 Å². The Morgan fingerprint density at radius 3 is 2.74 bits per heavy atom. The molecule has 9 heteroatoms. The van der Waals surface area contributed by atoms with Crippen LogP contribution in [0.4, 0.5) is 5.13 Å². The monoisotopic (exact) mass is 304 g/mol. The average molecular weight is 304 g/mol. The number of hydrogen-bond acceptors (Lipinski definition) is 6. The lowest BCUT2D eigenvalue weighted by atomic mass is 10.1. The highest BCUT2D eigenvalue weighted by molar-refractivity contribution is 7.89. The second-order valence-corrected chi connectivity index (χ2v) is 7.38. The summed E-state index contributed by atoms with van der Waals surface area (Å²) in [5, 5.41) is 5.54. The second-order valence-electron chi connectivity index (χ2n) is 4.99. The van der Waals surface area contributed by atoms with Gasteiger partial charge in [0.15, 0.2) is 0 Å². The van der Waals surface area contributed by atoms with Crippen LogP contribution in [-0.2, 0) is 14.8 Å². The number of hydrogen-bond donors (Lipinski definition) is 1. The van der Waals surface area contributed by atoms with Gasteiger partial charge in [0.2, 0.25) is 21.1 Å². The van der Waals surface area contributed by atoms with Crippen LogP contribution in [0.3, 0.4) is 0 Å². The number of aromatic nitrogens is 2. The number of amides is 1. The molecule has 0 aliphatic carbocycles. The molecule has 2 N–H and O–H groups in total. The zero-order valence-corrected chi connectivity index (χ0v) is 12.4. The first kappa shape index (κ1) is 14.4. The van der Waals surface area contributed by atoms with Crippen LogP contribution >= 0.6 is 11.5 Å². The predicted octanol–water partition coefficient (Wildman–Crippen LogP) is 0.303. The highest BCUT2D eigenvalue weighted by Crippen LogP contribution is 2.28. The number of rotatable bonds is 4. The molecule has 1 saturated heterocycles. The van der Waals surface area contributed by atoms with Gasteiger partial charge in [0.25, 0.3) is 0 Å². The Balaban J connectivity index is 2.11. The molecule has 1 amide bonds. The molecule has 0 aromatic carbocycles. The smallest absolute Gasteiger partial charge is 0.229 e. The average Bonchev–Trinajstić information content (AvgIpc) is 2.82. The van der Waals surface area contributed by atoms with E-state index in [9.17, 15) is 13.2 Å². The van der Waals surface area contributed by atoms with Gasteiger partial charge < -0.3 is 0 Å². The Labute approximate surface area is 116 Å². The first-order valence-electron chi connectivity index (χ1n) is 5.90. The van der Waals surface area contributed by atoms with E-state index in [-0.39, 0.29) is 29.9 Å². The molecule has 2 rings (SSSR count). The number of nitrogens with zero attached hydrogens (tertiary/aromatic N) is 3. The summed E-state index contributed by atoms with van der Waals surface area (Å²) in [6, 6.07) is 0. The lowest BCUT2D eigenvalue weighted by Gasteiger charge is -2.11. The maximum Gasteiger partial charge on any atom is 0.229 e. The molecule has 0 saturated carbocycles. The molecule has 1 fully saturated rings. The van der Waals surface area contributed by atoms with E-state index in [0.29, 0.717) is 17.5 Å². The van der Waals surface area contributed by atoms with E-state index in [1.165, 1.54) is 4.90 Å². The van der Waals surface area contributed by atoms with Crippen molar-refractivity contribution >= 4 is 32.6 Å². The molecule has 19 heavy (non-hydrogen) atoms. The minimum atomic E-state index is -3.56. The fourth-order valence-electron chi connectivity index (χ4n) is 1.98. The third-order valence-corrected chi connectivity index (χ3v) is 4.54. The van der Waals surface area contributed by atoms with Crippen LogP contribution in [0.25, 0.3) is 0 Å². The molecule has 1 aromatic rings. The first-order valence-corrected chi connectivity index (χ1v) is 8.39. The summed E-state index contributed by atoms with van der Waals surface area (Å²) in [5.41, 5.74) is 0. The quantitative estimate of drug-likeness (QED) is 0.861. The van der Waals surface area contributed by atoms with Crippen LogP contribution < -0.4 is 10.0 Å².